The number of rotatable bonds is 10. The van der Waals surface area contributed by atoms with Gasteiger partial charge in [-0.15, -0.1) is 0 Å². The van der Waals surface area contributed by atoms with E-state index in [0.29, 0.717) is 62.3 Å². The fourth-order valence-corrected chi connectivity index (χ4v) is 6.82. The fraction of sp³-hybridized carbons (Fsp3) is 0.700. The summed E-state index contributed by atoms with van der Waals surface area (Å²) >= 11 is 0. The maximum absolute atomic E-state index is 14.2. The summed E-state index contributed by atoms with van der Waals surface area (Å²) in [6.45, 7) is 8.71. The van der Waals surface area contributed by atoms with Gasteiger partial charge in [0.2, 0.25) is 5.91 Å². The molecule has 8 heteroatoms. The van der Waals surface area contributed by atoms with Crippen molar-refractivity contribution in [2.24, 2.45) is 17.8 Å². The van der Waals surface area contributed by atoms with E-state index in [1.807, 2.05) is 29.2 Å². The molecule has 2 amide bonds. The number of methoxy groups -OCH3 is 1. The van der Waals surface area contributed by atoms with E-state index in [0.717, 1.165) is 49.8 Å². The average Bonchev–Trinajstić information content (AvgIpc) is 3.32. The largest absolute Gasteiger partial charge is 0.385 e. The van der Waals surface area contributed by atoms with Gasteiger partial charge in [-0.05, 0) is 68.9 Å². The molecule has 1 aromatic heterocycles. The van der Waals surface area contributed by atoms with Crippen molar-refractivity contribution in [2.75, 3.05) is 39.9 Å². The molecule has 0 spiro atoms. The highest BCUT2D eigenvalue weighted by molar-refractivity contribution is 5.95. The van der Waals surface area contributed by atoms with Gasteiger partial charge in [-0.25, -0.2) is 4.98 Å². The van der Waals surface area contributed by atoms with Crippen LogP contribution in [0.1, 0.15) is 69.4 Å². The number of unbranched alkanes of at least 4 members (excludes halogenated alkanes) is 1. The fourth-order valence-electron chi connectivity index (χ4n) is 6.82. The van der Waals surface area contributed by atoms with Crippen molar-refractivity contribution in [1.82, 2.24) is 24.7 Å². The van der Waals surface area contributed by atoms with Gasteiger partial charge in [-0.1, -0.05) is 26.0 Å². The average molecular weight is 524 g/mol. The molecule has 208 valence electrons. The quantitative estimate of drug-likeness (QED) is 0.477. The Bertz CT molecular complexity index is 1110. The van der Waals surface area contributed by atoms with Gasteiger partial charge in [-0.3, -0.25) is 9.59 Å². The molecule has 0 radical (unpaired) electrons. The predicted molar refractivity (Wildman–Crippen MR) is 149 cm³/mol. The SMILES string of the molecule is COCCCCn1c(C(=O)N(CC(C)C)[C@@H]2CNC[C@H](C(=O)N3CC4CCC3CC4)C2)nc2ccccc21. The highest BCUT2D eigenvalue weighted by Crippen LogP contribution is 2.36. The minimum absolute atomic E-state index is 0.0291. The first-order valence-electron chi connectivity index (χ1n) is 14.7. The summed E-state index contributed by atoms with van der Waals surface area (Å²) in [5, 5.41) is 3.52. The molecule has 1 saturated carbocycles. The molecule has 4 heterocycles. The molecule has 2 bridgehead atoms. The van der Waals surface area contributed by atoms with Crippen LogP contribution in [0, 0.1) is 17.8 Å². The number of hydrogen-bond donors (Lipinski definition) is 1. The van der Waals surface area contributed by atoms with Crippen LogP contribution in [0.25, 0.3) is 11.0 Å². The van der Waals surface area contributed by atoms with E-state index in [1.165, 1.54) is 12.8 Å². The molecule has 1 N–H and O–H groups in total. The first-order chi connectivity index (χ1) is 18.5. The summed E-state index contributed by atoms with van der Waals surface area (Å²) in [5.41, 5.74) is 1.84. The normalized spacial score (nSPS) is 25.3. The summed E-state index contributed by atoms with van der Waals surface area (Å²) < 4.78 is 7.33. The number of aryl methyl sites for hydroxylation is 1. The molecule has 3 saturated heterocycles. The van der Waals surface area contributed by atoms with E-state index in [9.17, 15) is 9.59 Å². The van der Waals surface area contributed by atoms with E-state index in [4.69, 9.17) is 9.72 Å². The van der Waals surface area contributed by atoms with E-state index in [2.05, 4.69) is 28.6 Å². The molecule has 1 aliphatic carbocycles. The molecule has 38 heavy (non-hydrogen) atoms. The van der Waals surface area contributed by atoms with Gasteiger partial charge in [0.25, 0.3) is 5.91 Å². The number of nitrogens with zero attached hydrogens (tertiary/aromatic N) is 4. The Morgan fingerprint density at radius 3 is 2.63 bits per heavy atom. The summed E-state index contributed by atoms with van der Waals surface area (Å²) in [5.74, 6) is 1.67. The zero-order valence-corrected chi connectivity index (χ0v) is 23.4. The second-order valence-corrected chi connectivity index (χ2v) is 12.0. The number of carbonyl (C=O) groups excluding carboxylic acids is 2. The summed E-state index contributed by atoms with van der Waals surface area (Å²) in [7, 11) is 1.72. The number of fused-ring (bicyclic) bond motifs is 4. The molecule has 1 aromatic carbocycles. The van der Waals surface area contributed by atoms with Crippen molar-refractivity contribution in [3.63, 3.8) is 0 Å². The number of ether oxygens (including phenoxy) is 1. The van der Waals surface area contributed by atoms with Crippen LogP contribution in [0.3, 0.4) is 0 Å². The molecule has 0 unspecified atom stereocenters. The monoisotopic (exact) mass is 523 g/mol. The van der Waals surface area contributed by atoms with E-state index in [1.54, 1.807) is 7.11 Å². The highest BCUT2D eigenvalue weighted by atomic mass is 16.5. The summed E-state index contributed by atoms with van der Waals surface area (Å²) in [6, 6.07) is 8.39. The molecule has 4 fully saturated rings. The zero-order valence-electron chi connectivity index (χ0n) is 23.4. The predicted octanol–water partition coefficient (Wildman–Crippen LogP) is 3.94. The van der Waals surface area contributed by atoms with Crippen molar-refractivity contribution in [1.29, 1.82) is 0 Å². The van der Waals surface area contributed by atoms with Gasteiger partial charge in [0.05, 0.1) is 17.0 Å². The van der Waals surface area contributed by atoms with E-state index < -0.39 is 0 Å². The molecule has 4 aliphatic rings. The van der Waals surface area contributed by atoms with Crippen LogP contribution in [0.2, 0.25) is 0 Å². The molecular weight excluding hydrogens is 478 g/mol. The Kier molecular flexibility index (Phi) is 8.68. The molecule has 6 rings (SSSR count). The molecule has 2 aromatic rings. The molecule has 8 nitrogen and oxygen atoms in total. The second-order valence-electron chi connectivity index (χ2n) is 12.0. The lowest BCUT2D eigenvalue weighted by atomic mass is 9.79. The first kappa shape index (κ1) is 27.1. The Labute approximate surface area is 227 Å². The van der Waals surface area contributed by atoms with Gasteiger partial charge >= 0.3 is 0 Å². The second kappa shape index (κ2) is 12.2. The van der Waals surface area contributed by atoms with E-state index in [-0.39, 0.29) is 17.9 Å². The maximum Gasteiger partial charge on any atom is 0.290 e. The maximum atomic E-state index is 14.2. The molecule has 2 atom stereocenters. The third-order valence-electron chi connectivity index (χ3n) is 8.76. The van der Waals surface area contributed by atoms with Gasteiger partial charge in [0.15, 0.2) is 5.82 Å². The van der Waals surface area contributed by atoms with Crippen molar-refractivity contribution < 1.29 is 14.3 Å². The lowest BCUT2D eigenvalue weighted by molar-refractivity contribution is -0.144. The number of aromatic nitrogens is 2. The zero-order chi connectivity index (χ0) is 26.6. The highest BCUT2D eigenvalue weighted by Gasteiger charge is 2.41. The Morgan fingerprint density at radius 1 is 1.13 bits per heavy atom. The van der Waals surface area contributed by atoms with Crippen LogP contribution in [0.15, 0.2) is 24.3 Å². The van der Waals surface area contributed by atoms with Crippen LogP contribution < -0.4 is 5.32 Å². The van der Waals surface area contributed by atoms with Crippen molar-refractivity contribution >= 4 is 22.8 Å². The van der Waals surface area contributed by atoms with Crippen molar-refractivity contribution in [2.45, 2.75) is 77.4 Å². The van der Waals surface area contributed by atoms with Crippen LogP contribution >= 0.6 is 0 Å². The number of hydrogen-bond acceptors (Lipinski definition) is 5. The first-order valence-corrected chi connectivity index (χ1v) is 14.7. The Morgan fingerprint density at radius 2 is 1.92 bits per heavy atom. The third kappa shape index (κ3) is 5.76. The van der Waals surface area contributed by atoms with Crippen LogP contribution in [0.4, 0.5) is 0 Å². The molecule has 3 aliphatic heterocycles. The number of imidazole rings is 1. The summed E-state index contributed by atoms with van der Waals surface area (Å²) in [6.07, 6.45) is 7.40. The number of para-hydroxylation sites is 2. The number of amides is 2. The van der Waals surface area contributed by atoms with Gasteiger partial charge in [0, 0.05) is 58.5 Å². The van der Waals surface area contributed by atoms with Crippen molar-refractivity contribution in [3.05, 3.63) is 30.1 Å². The minimum atomic E-state index is -0.0802. The lowest BCUT2D eigenvalue weighted by Gasteiger charge is -2.47. The van der Waals surface area contributed by atoms with Crippen LogP contribution in [0.5, 0.6) is 0 Å². The number of nitrogens with one attached hydrogen (secondary N) is 1. The number of piperidine rings is 3. The smallest absolute Gasteiger partial charge is 0.290 e. The van der Waals surface area contributed by atoms with Crippen LogP contribution in [-0.4, -0.2) is 83.1 Å². The Hall–Kier alpha value is -2.45. The topological polar surface area (TPSA) is 79.7 Å². The lowest BCUT2D eigenvalue weighted by Crippen LogP contribution is -2.58. The third-order valence-corrected chi connectivity index (χ3v) is 8.76. The van der Waals surface area contributed by atoms with Gasteiger partial charge < -0.3 is 24.4 Å². The summed E-state index contributed by atoms with van der Waals surface area (Å²) in [4.78, 5) is 36.9. The van der Waals surface area contributed by atoms with Crippen LogP contribution in [-0.2, 0) is 16.1 Å². The van der Waals surface area contributed by atoms with Gasteiger partial charge in [-0.2, -0.15) is 0 Å². The Balaban J connectivity index is 1.37. The standard InChI is InChI=1S/C30H45N5O3/c1-21(2)19-34(25-16-23(17-31-18-25)29(36)35-20-22-10-12-24(35)13-11-22)30(37)28-32-26-8-4-5-9-27(26)33(28)14-6-7-15-38-3/h4-5,8-9,21-25,31H,6-7,10-20H2,1-3H3/t22?,23-,24?,25+/m1/s1. The molecular formula is C30H45N5O3. The van der Waals surface area contributed by atoms with Gasteiger partial charge in [0.1, 0.15) is 0 Å². The number of benzene rings is 1. The van der Waals surface area contributed by atoms with E-state index >= 15 is 0 Å². The number of carbonyl (C=O) groups is 2. The van der Waals surface area contributed by atoms with Crippen molar-refractivity contribution in [3.8, 4) is 0 Å². The minimum Gasteiger partial charge on any atom is -0.385 e.